The van der Waals surface area contributed by atoms with Crippen LogP contribution in [0.1, 0.15) is 30.0 Å². The maximum absolute atomic E-state index is 13.9. The number of hydrogen-bond acceptors (Lipinski definition) is 6. The maximum atomic E-state index is 13.9. The van der Waals surface area contributed by atoms with Crippen LogP contribution >= 0.6 is 22.9 Å². The lowest BCUT2D eigenvalue weighted by Crippen LogP contribution is -2.63. The Balaban J connectivity index is 1.60. The van der Waals surface area contributed by atoms with E-state index in [4.69, 9.17) is 5.73 Å². The molecule has 0 radical (unpaired) electrons. The Morgan fingerprint density at radius 1 is 1.03 bits per heavy atom. The van der Waals surface area contributed by atoms with Crippen LogP contribution in [0.3, 0.4) is 0 Å². The molecule has 192 valence electrons. The number of carbonyl (C=O) groups is 3. The van der Waals surface area contributed by atoms with E-state index in [1.54, 1.807) is 4.90 Å². The molecule has 3 unspecified atom stereocenters. The monoisotopic (exact) mass is 604 g/mol. The molecule has 2 fully saturated rings. The fraction of sp³-hybridized carbons (Fsp3) is 0.423. The fourth-order valence-electron chi connectivity index (χ4n) is 5.18. The molecule has 0 spiro atoms. The van der Waals surface area contributed by atoms with Crippen LogP contribution in [0, 0.1) is 5.92 Å². The van der Waals surface area contributed by atoms with Gasteiger partial charge in [-0.25, -0.2) is 0 Å². The van der Waals surface area contributed by atoms with Gasteiger partial charge in [0.1, 0.15) is 12.1 Å². The largest absolute Gasteiger partial charge is 0.343 e. The van der Waals surface area contributed by atoms with Gasteiger partial charge in [0, 0.05) is 54.5 Å². The lowest BCUT2D eigenvalue weighted by Gasteiger charge is -2.39. The number of rotatable bonds is 8. The Labute approximate surface area is 225 Å². The molecule has 2 saturated heterocycles. The first-order chi connectivity index (χ1) is 17.5. The van der Waals surface area contributed by atoms with Crippen molar-refractivity contribution in [2.45, 2.75) is 37.0 Å². The third-order valence-corrected chi connectivity index (χ3v) is 7.42. The topological polar surface area (TPSA) is 129 Å². The predicted octanol–water partition coefficient (Wildman–Crippen LogP) is 0.854. The number of benzene rings is 2. The molecule has 10 heteroatoms. The van der Waals surface area contributed by atoms with Gasteiger partial charge in [-0.05, 0) is 24.0 Å². The molecule has 3 amide bonds. The quantitative estimate of drug-likeness (QED) is 0.225. The summed E-state index contributed by atoms with van der Waals surface area (Å²) in [6.45, 7) is 1.49. The van der Waals surface area contributed by atoms with Crippen LogP contribution in [0.25, 0.3) is 0 Å². The SMILES string of the molecule is NCC(=O)NC1C(=O)N2C(CC[C@H]2C(=O)NC(c2ccccc2)c2ccccc2)CNCC1CNI. The van der Waals surface area contributed by atoms with Crippen LogP contribution in [0.4, 0.5) is 0 Å². The third kappa shape index (κ3) is 6.05. The Hall–Kier alpha value is -2.54. The van der Waals surface area contributed by atoms with Crippen molar-refractivity contribution in [2.24, 2.45) is 11.7 Å². The predicted molar refractivity (Wildman–Crippen MR) is 146 cm³/mol. The molecule has 2 aliphatic heterocycles. The van der Waals surface area contributed by atoms with Crippen molar-refractivity contribution >= 4 is 40.6 Å². The average molecular weight is 604 g/mol. The number of nitrogens with one attached hydrogen (secondary N) is 4. The van der Waals surface area contributed by atoms with Crippen molar-refractivity contribution in [1.29, 1.82) is 0 Å². The van der Waals surface area contributed by atoms with Crippen molar-refractivity contribution in [2.75, 3.05) is 26.2 Å². The van der Waals surface area contributed by atoms with E-state index < -0.39 is 18.0 Å². The van der Waals surface area contributed by atoms with Crippen LogP contribution in [0.15, 0.2) is 60.7 Å². The van der Waals surface area contributed by atoms with Crippen LogP contribution in [0.2, 0.25) is 0 Å². The molecule has 2 aromatic rings. The zero-order valence-corrected chi connectivity index (χ0v) is 22.2. The van der Waals surface area contributed by atoms with Crippen LogP contribution in [0.5, 0.6) is 0 Å². The molecule has 2 heterocycles. The number of hydrogen-bond donors (Lipinski definition) is 5. The van der Waals surface area contributed by atoms with Gasteiger partial charge in [0.05, 0.1) is 12.6 Å². The molecule has 2 aliphatic rings. The molecular weight excluding hydrogens is 571 g/mol. The lowest BCUT2D eigenvalue weighted by atomic mass is 9.95. The minimum absolute atomic E-state index is 0.120. The second kappa shape index (κ2) is 12.6. The highest BCUT2D eigenvalue weighted by atomic mass is 127. The van der Waals surface area contributed by atoms with E-state index >= 15 is 0 Å². The Bertz CT molecular complexity index is 1000. The lowest BCUT2D eigenvalue weighted by molar-refractivity contribution is -0.145. The number of nitrogens with two attached hydrogens (primary N) is 1. The number of amides is 3. The summed E-state index contributed by atoms with van der Waals surface area (Å²) in [7, 11) is 0. The van der Waals surface area contributed by atoms with Gasteiger partial charge in [-0.2, -0.15) is 0 Å². The first-order valence-corrected chi connectivity index (χ1v) is 13.4. The van der Waals surface area contributed by atoms with Crippen molar-refractivity contribution in [1.82, 2.24) is 24.4 Å². The number of halogens is 1. The van der Waals surface area contributed by atoms with E-state index in [9.17, 15) is 14.4 Å². The summed E-state index contributed by atoms with van der Waals surface area (Å²) in [5.74, 6) is -1.00. The molecule has 4 rings (SSSR count). The number of fused-ring (bicyclic) bond motifs is 1. The summed E-state index contributed by atoms with van der Waals surface area (Å²) in [5.41, 5.74) is 7.47. The van der Waals surface area contributed by atoms with Crippen LogP contribution in [-0.4, -0.2) is 66.9 Å². The summed E-state index contributed by atoms with van der Waals surface area (Å²) in [6.07, 6.45) is 1.28. The molecule has 9 nitrogen and oxygen atoms in total. The van der Waals surface area contributed by atoms with Crippen molar-refractivity contribution < 1.29 is 14.4 Å². The van der Waals surface area contributed by atoms with Crippen LogP contribution < -0.4 is 25.2 Å². The highest BCUT2D eigenvalue weighted by molar-refractivity contribution is 14.1. The minimum atomic E-state index is -0.772. The second-order valence-corrected chi connectivity index (χ2v) is 10.0. The van der Waals surface area contributed by atoms with E-state index in [2.05, 4.69) is 19.5 Å². The summed E-state index contributed by atoms with van der Waals surface area (Å²) in [4.78, 5) is 41.5. The first-order valence-electron chi connectivity index (χ1n) is 12.3. The van der Waals surface area contributed by atoms with E-state index in [1.165, 1.54) is 0 Å². The molecule has 4 atom stereocenters. The molecule has 0 aromatic heterocycles. The standard InChI is InChI=1S/C26H33IN6O3/c27-30-15-19-14-29-16-20-11-12-21(33(20)26(36)24(19)31-22(34)13-28)25(35)32-23(17-7-3-1-4-8-17)18-9-5-2-6-10-18/h1-10,19-21,23-24,29-30H,11-16,28H2,(H,31,34)(H,32,35)/t19?,20?,21-,24?/m0/s1. The molecule has 0 saturated carbocycles. The van der Waals surface area contributed by atoms with Gasteiger partial charge in [0.2, 0.25) is 17.7 Å². The molecular formula is C26H33IN6O3. The van der Waals surface area contributed by atoms with Crippen molar-refractivity contribution in [3.8, 4) is 0 Å². The highest BCUT2D eigenvalue weighted by Gasteiger charge is 2.46. The van der Waals surface area contributed by atoms with Gasteiger partial charge in [0.25, 0.3) is 0 Å². The Kier molecular flexibility index (Phi) is 9.30. The fourth-order valence-corrected chi connectivity index (χ4v) is 5.74. The van der Waals surface area contributed by atoms with Gasteiger partial charge >= 0.3 is 0 Å². The van der Waals surface area contributed by atoms with Crippen molar-refractivity contribution in [3.05, 3.63) is 71.8 Å². The Morgan fingerprint density at radius 2 is 1.67 bits per heavy atom. The van der Waals surface area contributed by atoms with Crippen molar-refractivity contribution in [3.63, 3.8) is 0 Å². The number of carbonyl (C=O) groups excluding carboxylic acids is 3. The van der Waals surface area contributed by atoms with Crippen LogP contribution in [-0.2, 0) is 14.4 Å². The molecule has 36 heavy (non-hydrogen) atoms. The van der Waals surface area contributed by atoms with Gasteiger partial charge in [0.15, 0.2) is 0 Å². The number of nitrogens with zero attached hydrogens (tertiary/aromatic N) is 1. The highest BCUT2D eigenvalue weighted by Crippen LogP contribution is 2.29. The summed E-state index contributed by atoms with van der Waals surface area (Å²) < 4.78 is 3.08. The molecule has 6 N–H and O–H groups in total. The molecule has 0 aliphatic carbocycles. The zero-order valence-electron chi connectivity index (χ0n) is 20.0. The minimum Gasteiger partial charge on any atom is -0.343 e. The van der Waals surface area contributed by atoms with E-state index in [1.807, 2.05) is 83.5 Å². The second-order valence-electron chi connectivity index (χ2n) is 9.26. The molecule has 0 bridgehead atoms. The normalized spacial score (nSPS) is 24.1. The maximum Gasteiger partial charge on any atom is 0.246 e. The summed E-state index contributed by atoms with van der Waals surface area (Å²) in [6, 6.07) is 17.8. The first kappa shape index (κ1) is 26.5. The van der Waals surface area contributed by atoms with E-state index in [0.717, 1.165) is 11.1 Å². The van der Waals surface area contributed by atoms with Gasteiger partial charge < -0.3 is 26.6 Å². The zero-order chi connectivity index (χ0) is 25.5. The average Bonchev–Trinajstić information content (AvgIpc) is 3.33. The smallest absolute Gasteiger partial charge is 0.246 e. The van der Waals surface area contributed by atoms with E-state index in [-0.39, 0.29) is 36.4 Å². The summed E-state index contributed by atoms with van der Waals surface area (Å²) in [5, 5.41) is 9.46. The van der Waals surface area contributed by atoms with Gasteiger partial charge in [-0.1, -0.05) is 60.7 Å². The van der Waals surface area contributed by atoms with Gasteiger partial charge in [-0.3, -0.25) is 17.9 Å². The molecule has 2 aromatic carbocycles. The summed E-state index contributed by atoms with van der Waals surface area (Å²) >= 11 is 2.04. The third-order valence-electron chi connectivity index (χ3n) is 6.98. The van der Waals surface area contributed by atoms with E-state index in [0.29, 0.717) is 32.5 Å². The van der Waals surface area contributed by atoms with Gasteiger partial charge in [-0.15, -0.1) is 0 Å². The Morgan fingerprint density at radius 3 is 2.25 bits per heavy atom.